The van der Waals surface area contributed by atoms with Crippen LogP contribution in [0.1, 0.15) is 19.3 Å². The number of halogens is 1. The standard InChI is InChI=1S/C18H29N3OS.HI/c1-19-18(20-11-15-23-17-6-4-3-5-7-17)21(2)12-8-16-9-13-22-14-10-16;/h3-7,16H,8-15H2,1-2H3,(H,19,20);1H. The molecule has 4 nitrogen and oxygen atoms in total. The Morgan fingerprint density at radius 3 is 2.67 bits per heavy atom. The summed E-state index contributed by atoms with van der Waals surface area (Å²) in [6.07, 6.45) is 3.63. The van der Waals surface area contributed by atoms with Crippen LogP contribution >= 0.6 is 35.7 Å². The predicted octanol–water partition coefficient (Wildman–Crippen LogP) is 3.72. The molecule has 1 aromatic rings. The number of thioether (sulfide) groups is 1. The van der Waals surface area contributed by atoms with Crippen LogP contribution in [0.4, 0.5) is 0 Å². The molecule has 136 valence electrons. The van der Waals surface area contributed by atoms with Crippen molar-refractivity contribution in [3.05, 3.63) is 30.3 Å². The number of hydrogen-bond donors (Lipinski definition) is 1. The van der Waals surface area contributed by atoms with Crippen molar-refractivity contribution in [2.75, 3.05) is 46.2 Å². The second-order valence-electron chi connectivity index (χ2n) is 5.90. The lowest BCUT2D eigenvalue weighted by Crippen LogP contribution is -2.40. The third-order valence-corrected chi connectivity index (χ3v) is 5.20. The van der Waals surface area contributed by atoms with Crippen LogP contribution in [-0.4, -0.2) is 57.0 Å². The fourth-order valence-corrected chi connectivity index (χ4v) is 3.54. The zero-order valence-corrected chi connectivity index (χ0v) is 17.9. The number of benzene rings is 1. The van der Waals surface area contributed by atoms with Crippen LogP contribution in [-0.2, 0) is 4.74 Å². The third-order valence-electron chi connectivity index (χ3n) is 4.18. The van der Waals surface area contributed by atoms with E-state index in [0.717, 1.165) is 43.9 Å². The van der Waals surface area contributed by atoms with Gasteiger partial charge in [-0.15, -0.1) is 35.7 Å². The first-order valence-electron chi connectivity index (χ1n) is 8.47. The maximum atomic E-state index is 5.43. The summed E-state index contributed by atoms with van der Waals surface area (Å²) in [7, 11) is 3.98. The molecule has 0 atom stereocenters. The highest BCUT2D eigenvalue weighted by Crippen LogP contribution is 2.18. The van der Waals surface area contributed by atoms with E-state index in [1.807, 2.05) is 18.8 Å². The Bertz CT molecular complexity index is 467. The largest absolute Gasteiger partial charge is 0.381 e. The molecule has 0 radical (unpaired) electrons. The van der Waals surface area contributed by atoms with Gasteiger partial charge in [0, 0.05) is 51.0 Å². The van der Waals surface area contributed by atoms with Gasteiger partial charge in [0.2, 0.25) is 0 Å². The molecule has 1 saturated heterocycles. The summed E-state index contributed by atoms with van der Waals surface area (Å²) < 4.78 is 5.43. The molecule has 1 aliphatic heterocycles. The number of hydrogen-bond acceptors (Lipinski definition) is 3. The maximum Gasteiger partial charge on any atom is 0.193 e. The molecular formula is C18H30IN3OS. The molecule has 1 aliphatic rings. The highest BCUT2D eigenvalue weighted by Gasteiger charge is 2.15. The summed E-state index contributed by atoms with van der Waals surface area (Å²) in [6, 6.07) is 10.5. The van der Waals surface area contributed by atoms with Crippen LogP contribution < -0.4 is 5.32 Å². The normalized spacial score (nSPS) is 15.7. The molecule has 0 aliphatic carbocycles. The Morgan fingerprint density at radius 1 is 1.29 bits per heavy atom. The van der Waals surface area contributed by atoms with E-state index >= 15 is 0 Å². The minimum Gasteiger partial charge on any atom is -0.381 e. The number of rotatable bonds is 7. The fraction of sp³-hybridized carbons (Fsp3) is 0.611. The number of ether oxygens (including phenoxy) is 1. The van der Waals surface area contributed by atoms with Gasteiger partial charge in [-0.2, -0.15) is 0 Å². The minimum atomic E-state index is 0. The van der Waals surface area contributed by atoms with Crippen molar-refractivity contribution in [3.8, 4) is 0 Å². The van der Waals surface area contributed by atoms with Crippen LogP contribution in [0.15, 0.2) is 40.2 Å². The highest BCUT2D eigenvalue weighted by atomic mass is 127. The lowest BCUT2D eigenvalue weighted by atomic mass is 9.96. The number of aliphatic imine (C=N–C) groups is 1. The van der Waals surface area contributed by atoms with E-state index in [1.54, 1.807) is 0 Å². The van der Waals surface area contributed by atoms with E-state index in [4.69, 9.17) is 4.74 Å². The molecule has 1 aromatic carbocycles. The van der Waals surface area contributed by atoms with Gasteiger partial charge in [0.05, 0.1) is 0 Å². The molecule has 1 N–H and O–H groups in total. The van der Waals surface area contributed by atoms with Gasteiger partial charge in [-0.25, -0.2) is 0 Å². The molecule has 0 spiro atoms. The first-order chi connectivity index (χ1) is 11.3. The highest BCUT2D eigenvalue weighted by molar-refractivity contribution is 14.0. The van der Waals surface area contributed by atoms with Crippen molar-refractivity contribution in [2.24, 2.45) is 10.9 Å². The van der Waals surface area contributed by atoms with Crippen LogP contribution in [0.2, 0.25) is 0 Å². The second-order valence-corrected chi connectivity index (χ2v) is 7.07. The van der Waals surface area contributed by atoms with Gasteiger partial charge in [0.25, 0.3) is 0 Å². The van der Waals surface area contributed by atoms with E-state index in [2.05, 4.69) is 52.6 Å². The maximum absolute atomic E-state index is 5.43. The van der Waals surface area contributed by atoms with Gasteiger partial charge in [-0.3, -0.25) is 4.99 Å². The van der Waals surface area contributed by atoms with Gasteiger partial charge >= 0.3 is 0 Å². The zero-order chi connectivity index (χ0) is 16.3. The van der Waals surface area contributed by atoms with E-state index in [9.17, 15) is 0 Å². The van der Waals surface area contributed by atoms with Crippen molar-refractivity contribution in [3.63, 3.8) is 0 Å². The smallest absolute Gasteiger partial charge is 0.193 e. The Kier molecular flexibility index (Phi) is 11.5. The minimum absolute atomic E-state index is 0. The molecule has 0 unspecified atom stereocenters. The SMILES string of the molecule is CN=C(NCCSc1ccccc1)N(C)CCC1CCOCC1.I. The van der Waals surface area contributed by atoms with Crippen LogP contribution in [0.3, 0.4) is 0 Å². The molecule has 2 rings (SSSR count). The molecule has 6 heteroatoms. The Morgan fingerprint density at radius 2 is 2.00 bits per heavy atom. The zero-order valence-electron chi connectivity index (χ0n) is 14.7. The van der Waals surface area contributed by atoms with E-state index < -0.39 is 0 Å². The Labute approximate surface area is 167 Å². The fourth-order valence-electron chi connectivity index (χ4n) is 2.75. The van der Waals surface area contributed by atoms with E-state index in [1.165, 1.54) is 24.2 Å². The quantitative estimate of drug-likeness (QED) is 0.220. The monoisotopic (exact) mass is 463 g/mol. The van der Waals surface area contributed by atoms with Crippen molar-refractivity contribution in [1.82, 2.24) is 10.2 Å². The number of nitrogens with one attached hydrogen (secondary N) is 1. The summed E-state index contributed by atoms with van der Waals surface area (Å²) in [4.78, 5) is 7.95. The lowest BCUT2D eigenvalue weighted by molar-refractivity contribution is 0.0625. The van der Waals surface area contributed by atoms with Crippen molar-refractivity contribution < 1.29 is 4.74 Å². The second kappa shape index (κ2) is 12.8. The molecule has 1 fully saturated rings. The Balaban J connectivity index is 0.00000288. The van der Waals surface area contributed by atoms with Gasteiger partial charge < -0.3 is 15.0 Å². The molecule has 1 heterocycles. The Hall–Kier alpha value is -0.470. The van der Waals surface area contributed by atoms with Crippen molar-refractivity contribution >= 4 is 41.7 Å². The molecule has 0 saturated carbocycles. The first kappa shape index (κ1) is 21.6. The molecular weight excluding hydrogens is 433 g/mol. The average molecular weight is 463 g/mol. The van der Waals surface area contributed by atoms with Crippen LogP contribution in [0.25, 0.3) is 0 Å². The lowest BCUT2D eigenvalue weighted by Gasteiger charge is -2.26. The van der Waals surface area contributed by atoms with E-state index in [-0.39, 0.29) is 24.0 Å². The molecule has 0 aromatic heterocycles. The van der Waals surface area contributed by atoms with Crippen LogP contribution in [0, 0.1) is 5.92 Å². The van der Waals surface area contributed by atoms with Crippen molar-refractivity contribution in [2.45, 2.75) is 24.2 Å². The molecule has 0 bridgehead atoms. The molecule has 24 heavy (non-hydrogen) atoms. The third kappa shape index (κ3) is 8.07. The van der Waals surface area contributed by atoms with Gasteiger partial charge in [-0.05, 0) is 37.3 Å². The summed E-state index contributed by atoms with van der Waals surface area (Å²) in [5.74, 6) is 2.83. The van der Waals surface area contributed by atoms with E-state index in [0.29, 0.717) is 0 Å². The van der Waals surface area contributed by atoms with Crippen molar-refractivity contribution in [1.29, 1.82) is 0 Å². The molecule has 0 amide bonds. The van der Waals surface area contributed by atoms with Gasteiger partial charge in [-0.1, -0.05) is 18.2 Å². The number of nitrogens with zero attached hydrogens (tertiary/aromatic N) is 2. The van der Waals surface area contributed by atoms with Gasteiger partial charge in [0.1, 0.15) is 0 Å². The summed E-state index contributed by atoms with van der Waals surface area (Å²) in [5, 5.41) is 3.46. The number of guanidine groups is 1. The summed E-state index contributed by atoms with van der Waals surface area (Å²) in [5.41, 5.74) is 0. The topological polar surface area (TPSA) is 36.9 Å². The average Bonchev–Trinajstić information content (AvgIpc) is 2.61. The summed E-state index contributed by atoms with van der Waals surface area (Å²) >= 11 is 1.87. The van der Waals surface area contributed by atoms with Crippen LogP contribution in [0.5, 0.6) is 0 Å². The summed E-state index contributed by atoms with van der Waals surface area (Å²) in [6.45, 7) is 3.83. The van der Waals surface area contributed by atoms with Gasteiger partial charge in [0.15, 0.2) is 5.96 Å². The first-order valence-corrected chi connectivity index (χ1v) is 9.45. The predicted molar refractivity (Wildman–Crippen MR) is 115 cm³/mol.